The van der Waals surface area contributed by atoms with Crippen molar-refractivity contribution in [1.29, 1.82) is 0 Å². The van der Waals surface area contributed by atoms with Gasteiger partial charge in [0, 0.05) is 11.6 Å². The summed E-state index contributed by atoms with van der Waals surface area (Å²) in [4.78, 5) is 2.12. The van der Waals surface area contributed by atoms with Crippen LogP contribution >= 0.6 is 24.0 Å². The molecule has 0 N–H and O–H groups in total. The van der Waals surface area contributed by atoms with E-state index in [4.69, 9.17) is 11.6 Å². The van der Waals surface area contributed by atoms with Gasteiger partial charge in [-0.2, -0.15) is 0 Å². The van der Waals surface area contributed by atoms with Crippen molar-refractivity contribution in [2.45, 2.75) is 0 Å². The molecule has 0 atom stereocenters. The molecule has 0 unspecified atom stereocenters. The first-order valence-electron chi connectivity index (χ1n) is 4.25. The van der Waals surface area contributed by atoms with Gasteiger partial charge in [0.25, 0.3) is 0 Å². The number of likely N-dealkylation sites (N-methyl/N-ethyl adjacent to an activating group) is 1. The molecule has 1 aromatic rings. The van der Waals surface area contributed by atoms with Crippen molar-refractivity contribution in [1.82, 2.24) is 4.90 Å². The van der Waals surface area contributed by atoms with Crippen molar-refractivity contribution in [3.05, 3.63) is 40.9 Å². The van der Waals surface area contributed by atoms with Crippen LogP contribution in [-0.2, 0) is 0 Å². The summed E-state index contributed by atoms with van der Waals surface area (Å²) in [6, 6.07) is 7.82. The van der Waals surface area contributed by atoms with Crippen LogP contribution in [0.2, 0.25) is 5.02 Å². The Balaban J connectivity index is 0.00000169. The third-order valence-corrected chi connectivity index (χ3v) is 1.90. The first-order valence-corrected chi connectivity index (χ1v) is 4.63. The lowest BCUT2D eigenvalue weighted by molar-refractivity contribution is 0.457. The normalized spacial score (nSPS) is 10.6. The predicted octanol–water partition coefficient (Wildman–Crippen LogP) is 3.34. The van der Waals surface area contributed by atoms with E-state index in [0.717, 1.165) is 11.6 Å². The average molecular weight is 232 g/mol. The minimum absolute atomic E-state index is 0. The van der Waals surface area contributed by atoms with Gasteiger partial charge in [0.15, 0.2) is 0 Å². The molecule has 0 spiro atoms. The molecular weight excluding hydrogens is 217 g/mol. The second-order valence-corrected chi connectivity index (χ2v) is 3.65. The lowest BCUT2D eigenvalue weighted by Crippen LogP contribution is -2.10. The third kappa shape index (κ3) is 5.28. The molecule has 0 fully saturated rings. The summed E-state index contributed by atoms with van der Waals surface area (Å²) in [5.41, 5.74) is 1.19. The van der Waals surface area contributed by atoms with Gasteiger partial charge < -0.3 is 4.90 Å². The van der Waals surface area contributed by atoms with Gasteiger partial charge in [-0.15, -0.1) is 12.4 Å². The van der Waals surface area contributed by atoms with E-state index in [1.165, 1.54) is 5.56 Å². The van der Waals surface area contributed by atoms with Crippen molar-refractivity contribution in [2.24, 2.45) is 0 Å². The van der Waals surface area contributed by atoms with Crippen LogP contribution in [-0.4, -0.2) is 25.5 Å². The highest BCUT2D eigenvalue weighted by molar-refractivity contribution is 6.30. The summed E-state index contributed by atoms with van der Waals surface area (Å²) in [5.74, 6) is 0. The smallest absolute Gasteiger partial charge is 0.0406 e. The number of rotatable bonds is 3. The van der Waals surface area contributed by atoms with Gasteiger partial charge in [-0.1, -0.05) is 35.9 Å². The van der Waals surface area contributed by atoms with Crippen molar-refractivity contribution >= 4 is 30.1 Å². The molecule has 0 saturated heterocycles. The monoisotopic (exact) mass is 231 g/mol. The molecule has 1 rings (SSSR count). The zero-order valence-corrected chi connectivity index (χ0v) is 9.98. The van der Waals surface area contributed by atoms with Crippen molar-refractivity contribution in [3.8, 4) is 0 Å². The maximum Gasteiger partial charge on any atom is 0.0406 e. The largest absolute Gasteiger partial charge is 0.306 e. The molecule has 3 heteroatoms. The van der Waals surface area contributed by atoms with E-state index in [2.05, 4.69) is 17.1 Å². The molecule has 14 heavy (non-hydrogen) atoms. The quantitative estimate of drug-likeness (QED) is 0.772. The van der Waals surface area contributed by atoms with Crippen LogP contribution in [0, 0.1) is 0 Å². The van der Waals surface area contributed by atoms with Crippen LogP contribution in [0.25, 0.3) is 6.08 Å². The topological polar surface area (TPSA) is 3.24 Å². The Morgan fingerprint density at radius 2 is 1.79 bits per heavy atom. The number of halogens is 2. The molecule has 0 aromatic heterocycles. The van der Waals surface area contributed by atoms with E-state index in [9.17, 15) is 0 Å². The SMILES string of the molecule is CN(C)CC=Cc1ccc(Cl)cc1.Cl. The Morgan fingerprint density at radius 3 is 2.29 bits per heavy atom. The Labute approximate surface area is 96.8 Å². The summed E-state index contributed by atoms with van der Waals surface area (Å²) < 4.78 is 0. The fourth-order valence-corrected chi connectivity index (χ4v) is 1.10. The lowest BCUT2D eigenvalue weighted by atomic mass is 10.2. The molecular formula is C11H15Cl2N. The molecule has 0 heterocycles. The second-order valence-electron chi connectivity index (χ2n) is 3.22. The van der Waals surface area contributed by atoms with Gasteiger partial charge in [0.2, 0.25) is 0 Å². The van der Waals surface area contributed by atoms with E-state index in [-0.39, 0.29) is 12.4 Å². The van der Waals surface area contributed by atoms with E-state index in [1.807, 2.05) is 38.4 Å². The van der Waals surface area contributed by atoms with E-state index >= 15 is 0 Å². The highest BCUT2D eigenvalue weighted by Gasteiger charge is 1.87. The minimum atomic E-state index is 0. The summed E-state index contributed by atoms with van der Waals surface area (Å²) in [6.45, 7) is 0.961. The zero-order chi connectivity index (χ0) is 9.68. The van der Waals surface area contributed by atoms with Gasteiger partial charge in [-0.3, -0.25) is 0 Å². The summed E-state index contributed by atoms with van der Waals surface area (Å²) in [6.07, 6.45) is 4.22. The maximum absolute atomic E-state index is 5.76. The number of nitrogens with zero attached hydrogens (tertiary/aromatic N) is 1. The number of hydrogen-bond donors (Lipinski definition) is 0. The summed E-state index contributed by atoms with van der Waals surface area (Å²) >= 11 is 5.76. The Bertz CT molecular complexity index is 278. The van der Waals surface area contributed by atoms with Crippen LogP contribution < -0.4 is 0 Å². The average Bonchev–Trinajstić information content (AvgIpc) is 2.08. The first kappa shape index (κ1) is 13.5. The second kappa shape index (κ2) is 6.88. The molecule has 0 aliphatic carbocycles. The molecule has 0 bridgehead atoms. The van der Waals surface area contributed by atoms with Crippen LogP contribution in [0.1, 0.15) is 5.56 Å². The Hall–Kier alpha value is -0.500. The maximum atomic E-state index is 5.76. The van der Waals surface area contributed by atoms with Gasteiger partial charge in [-0.25, -0.2) is 0 Å². The molecule has 1 aromatic carbocycles. The zero-order valence-electron chi connectivity index (χ0n) is 8.40. The molecule has 78 valence electrons. The fraction of sp³-hybridized carbons (Fsp3) is 0.273. The lowest BCUT2D eigenvalue weighted by Gasteiger charge is -2.03. The van der Waals surface area contributed by atoms with Crippen LogP contribution in [0.3, 0.4) is 0 Å². The van der Waals surface area contributed by atoms with Gasteiger partial charge in [-0.05, 0) is 31.8 Å². The predicted molar refractivity (Wildman–Crippen MR) is 66.3 cm³/mol. The van der Waals surface area contributed by atoms with Crippen LogP contribution in [0.15, 0.2) is 30.3 Å². The molecule has 0 amide bonds. The van der Waals surface area contributed by atoms with Crippen LogP contribution in [0.4, 0.5) is 0 Å². The van der Waals surface area contributed by atoms with Gasteiger partial charge in [0.1, 0.15) is 0 Å². The molecule has 1 nitrogen and oxygen atoms in total. The highest BCUT2D eigenvalue weighted by Crippen LogP contribution is 2.10. The van der Waals surface area contributed by atoms with Gasteiger partial charge in [0.05, 0.1) is 0 Å². The van der Waals surface area contributed by atoms with Gasteiger partial charge >= 0.3 is 0 Å². The standard InChI is InChI=1S/C11H14ClN.ClH/c1-13(2)9-3-4-10-5-7-11(12)8-6-10;/h3-8H,9H2,1-2H3;1H. The van der Waals surface area contributed by atoms with Crippen molar-refractivity contribution in [2.75, 3.05) is 20.6 Å². The molecule has 0 saturated carbocycles. The fourth-order valence-electron chi connectivity index (χ4n) is 0.973. The van der Waals surface area contributed by atoms with Crippen molar-refractivity contribution in [3.63, 3.8) is 0 Å². The van der Waals surface area contributed by atoms with E-state index in [0.29, 0.717) is 0 Å². The minimum Gasteiger partial charge on any atom is -0.306 e. The molecule has 0 radical (unpaired) electrons. The first-order chi connectivity index (χ1) is 6.18. The molecule has 0 aliphatic rings. The summed E-state index contributed by atoms with van der Waals surface area (Å²) in [5, 5.41) is 0.782. The van der Waals surface area contributed by atoms with E-state index < -0.39 is 0 Å². The Kier molecular flexibility index (Phi) is 6.64. The number of benzene rings is 1. The summed E-state index contributed by atoms with van der Waals surface area (Å²) in [7, 11) is 4.10. The highest BCUT2D eigenvalue weighted by atomic mass is 35.5. The number of hydrogen-bond acceptors (Lipinski definition) is 1. The van der Waals surface area contributed by atoms with Crippen LogP contribution in [0.5, 0.6) is 0 Å². The Morgan fingerprint density at radius 1 is 1.21 bits per heavy atom. The van der Waals surface area contributed by atoms with Crippen molar-refractivity contribution < 1.29 is 0 Å². The molecule has 0 aliphatic heterocycles. The van der Waals surface area contributed by atoms with E-state index in [1.54, 1.807) is 0 Å². The third-order valence-electron chi connectivity index (χ3n) is 1.65.